The molecular weight excluding hydrogens is 345 g/mol. The molecule has 0 aliphatic rings. The molecular formula is C14H9BrFNO2S. The minimum Gasteiger partial charge on any atom is -0.279 e. The van der Waals surface area contributed by atoms with Crippen molar-refractivity contribution in [2.24, 2.45) is 0 Å². The second-order valence-corrected chi connectivity index (χ2v) is 6.47. The van der Waals surface area contributed by atoms with Crippen LogP contribution < -0.4 is 4.72 Å². The van der Waals surface area contributed by atoms with Gasteiger partial charge in [0.1, 0.15) is 10.7 Å². The Balaban J connectivity index is 2.38. The fraction of sp³-hybridized carbons (Fsp3) is 0. The smallest absolute Gasteiger partial charge is 0.264 e. The van der Waals surface area contributed by atoms with E-state index in [1.54, 1.807) is 12.1 Å². The Hall–Kier alpha value is -1.84. The highest BCUT2D eigenvalue weighted by molar-refractivity contribution is 9.10. The van der Waals surface area contributed by atoms with Crippen molar-refractivity contribution in [1.29, 1.82) is 0 Å². The molecule has 2 rings (SSSR count). The van der Waals surface area contributed by atoms with Gasteiger partial charge in [-0.1, -0.05) is 27.9 Å². The fourth-order valence-corrected chi connectivity index (χ4v) is 3.02. The number of sulfonamides is 1. The third-order valence-electron chi connectivity index (χ3n) is 2.46. The zero-order chi connectivity index (χ0) is 14.8. The molecule has 0 aromatic heterocycles. The topological polar surface area (TPSA) is 46.2 Å². The van der Waals surface area contributed by atoms with Crippen molar-refractivity contribution in [3.05, 3.63) is 58.3 Å². The van der Waals surface area contributed by atoms with Crippen molar-refractivity contribution in [1.82, 2.24) is 0 Å². The summed E-state index contributed by atoms with van der Waals surface area (Å²) in [5.41, 5.74) is 0.809. The third-order valence-corrected chi connectivity index (χ3v) is 4.37. The first-order valence-corrected chi connectivity index (χ1v) is 7.74. The van der Waals surface area contributed by atoms with Gasteiger partial charge in [0.15, 0.2) is 0 Å². The lowest BCUT2D eigenvalue weighted by Gasteiger charge is -2.09. The largest absolute Gasteiger partial charge is 0.279 e. The zero-order valence-electron chi connectivity index (χ0n) is 10.1. The Labute approximate surface area is 125 Å². The molecule has 102 valence electrons. The van der Waals surface area contributed by atoms with E-state index in [1.807, 2.05) is 0 Å². The first-order chi connectivity index (χ1) is 9.42. The van der Waals surface area contributed by atoms with Crippen LogP contribution in [0.2, 0.25) is 0 Å². The van der Waals surface area contributed by atoms with Gasteiger partial charge in [-0.2, -0.15) is 0 Å². The first kappa shape index (κ1) is 14.6. The quantitative estimate of drug-likeness (QED) is 0.859. The number of halogens is 2. The predicted octanol–water partition coefficient (Wildman–Crippen LogP) is 3.37. The molecule has 2 aromatic carbocycles. The maximum atomic E-state index is 13.7. The molecule has 0 aliphatic carbocycles. The fourth-order valence-electron chi connectivity index (χ4n) is 1.58. The molecule has 20 heavy (non-hydrogen) atoms. The average molecular weight is 354 g/mol. The lowest BCUT2D eigenvalue weighted by molar-refractivity contribution is 0.570. The van der Waals surface area contributed by atoms with Crippen LogP contribution in [0.15, 0.2) is 51.8 Å². The van der Waals surface area contributed by atoms with Crippen molar-refractivity contribution in [3.8, 4) is 12.3 Å². The Bertz CT molecular complexity index is 797. The Kier molecular flexibility index (Phi) is 4.12. The number of terminal acetylenes is 1. The van der Waals surface area contributed by atoms with Crippen molar-refractivity contribution in [2.45, 2.75) is 4.90 Å². The van der Waals surface area contributed by atoms with Crippen LogP contribution in [0.1, 0.15) is 5.56 Å². The Morgan fingerprint density at radius 3 is 2.60 bits per heavy atom. The summed E-state index contributed by atoms with van der Waals surface area (Å²) in [7, 11) is -4.00. The van der Waals surface area contributed by atoms with E-state index in [9.17, 15) is 12.8 Å². The number of nitrogens with one attached hydrogen (secondary N) is 1. The van der Waals surface area contributed by atoms with Gasteiger partial charge in [0.2, 0.25) is 0 Å². The molecule has 0 radical (unpaired) electrons. The summed E-state index contributed by atoms with van der Waals surface area (Å²) >= 11 is 3.07. The molecule has 0 heterocycles. The monoisotopic (exact) mass is 353 g/mol. The highest BCUT2D eigenvalue weighted by Crippen LogP contribution is 2.22. The second-order valence-electron chi connectivity index (χ2n) is 3.91. The molecule has 0 saturated carbocycles. The van der Waals surface area contributed by atoms with Crippen LogP contribution in [0.4, 0.5) is 10.1 Å². The minimum atomic E-state index is -4.00. The summed E-state index contributed by atoms with van der Waals surface area (Å²) in [5, 5.41) is 0. The predicted molar refractivity (Wildman–Crippen MR) is 79.3 cm³/mol. The van der Waals surface area contributed by atoms with Crippen LogP contribution in [-0.4, -0.2) is 8.42 Å². The maximum absolute atomic E-state index is 13.7. The lowest BCUT2D eigenvalue weighted by Crippen LogP contribution is -2.14. The van der Waals surface area contributed by atoms with E-state index in [0.29, 0.717) is 10.0 Å². The van der Waals surface area contributed by atoms with Gasteiger partial charge in [-0.15, -0.1) is 6.42 Å². The van der Waals surface area contributed by atoms with Gasteiger partial charge in [-0.05, 0) is 36.4 Å². The maximum Gasteiger partial charge on any atom is 0.264 e. The molecule has 6 heteroatoms. The van der Waals surface area contributed by atoms with E-state index in [2.05, 4.69) is 26.6 Å². The second kappa shape index (κ2) is 5.65. The summed E-state index contributed by atoms with van der Waals surface area (Å²) in [4.78, 5) is -0.424. The normalized spacial score (nSPS) is 10.8. The molecule has 0 bridgehead atoms. The molecule has 1 N–H and O–H groups in total. The zero-order valence-corrected chi connectivity index (χ0v) is 12.5. The summed E-state index contributed by atoms with van der Waals surface area (Å²) in [6.07, 6.45) is 5.24. The highest BCUT2D eigenvalue weighted by Gasteiger charge is 2.19. The molecule has 0 aliphatic heterocycles. The van der Waals surface area contributed by atoms with Crippen LogP contribution in [0.25, 0.3) is 0 Å². The number of anilines is 1. The number of benzene rings is 2. The van der Waals surface area contributed by atoms with E-state index in [-0.39, 0.29) is 5.69 Å². The van der Waals surface area contributed by atoms with Gasteiger partial charge < -0.3 is 0 Å². The van der Waals surface area contributed by atoms with Crippen molar-refractivity contribution >= 4 is 31.6 Å². The van der Waals surface area contributed by atoms with Gasteiger partial charge in [0.25, 0.3) is 10.0 Å². The minimum absolute atomic E-state index is 0.280. The van der Waals surface area contributed by atoms with Gasteiger partial charge in [0, 0.05) is 10.0 Å². The summed E-state index contributed by atoms with van der Waals surface area (Å²) in [6, 6.07) is 10.0. The van der Waals surface area contributed by atoms with Gasteiger partial charge in [0.05, 0.1) is 5.69 Å². The lowest BCUT2D eigenvalue weighted by atomic mass is 10.2. The van der Waals surface area contributed by atoms with Crippen LogP contribution in [0.5, 0.6) is 0 Å². The first-order valence-electron chi connectivity index (χ1n) is 5.47. The third kappa shape index (κ3) is 3.18. The molecule has 2 aromatic rings. The summed E-state index contributed by atoms with van der Waals surface area (Å²) in [5.74, 6) is 1.56. The van der Waals surface area contributed by atoms with Crippen LogP contribution in [0.3, 0.4) is 0 Å². The Morgan fingerprint density at radius 1 is 1.20 bits per heavy atom. The molecule has 0 fully saturated rings. The van der Waals surface area contributed by atoms with Crippen LogP contribution in [0, 0.1) is 18.2 Å². The molecule has 0 atom stereocenters. The van der Waals surface area contributed by atoms with Gasteiger partial charge in [-0.3, -0.25) is 4.72 Å². The van der Waals surface area contributed by atoms with E-state index < -0.39 is 20.7 Å². The van der Waals surface area contributed by atoms with Crippen molar-refractivity contribution < 1.29 is 12.8 Å². The molecule has 0 amide bonds. The van der Waals surface area contributed by atoms with Crippen molar-refractivity contribution in [3.63, 3.8) is 0 Å². The van der Waals surface area contributed by atoms with Crippen LogP contribution >= 0.6 is 15.9 Å². The average Bonchev–Trinajstić information content (AvgIpc) is 2.37. The Morgan fingerprint density at radius 2 is 1.95 bits per heavy atom. The molecule has 3 nitrogen and oxygen atoms in total. The van der Waals surface area contributed by atoms with E-state index in [0.717, 1.165) is 6.07 Å². The van der Waals surface area contributed by atoms with E-state index in [1.165, 1.54) is 24.3 Å². The van der Waals surface area contributed by atoms with Crippen LogP contribution in [-0.2, 0) is 10.0 Å². The van der Waals surface area contributed by atoms with E-state index >= 15 is 0 Å². The number of hydrogen-bond donors (Lipinski definition) is 1. The summed E-state index contributed by atoms with van der Waals surface area (Å²) in [6.45, 7) is 0. The highest BCUT2D eigenvalue weighted by atomic mass is 79.9. The van der Waals surface area contributed by atoms with Crippen molar-refractivity contribution in [2.75, 3.05) is 4.72 Å². The van der Waals surface area contributed by atoms with Gasteiger partial charge in [-0.25, -0.2) is 12.8 Å². The summed E-state index contributed by atoms with van der Waals surface area (Å²) < 4.78 is 40.7. The molecule has 0 unspecified atom stereocenters. The number of hydrogen-bond acceptors (Lipinski definition) is 2. The molecule has 0 spiro atoms. The van der Waals surface area contributed by atoms with Gasteiger partial charge >= 0.3 is 0 Å². The molecule has 0 saturated heterocycles. The SMILES string of the molecule is C#Cc1cccc(NS(=O)(=O)c2ccc(Br)cc2F)c1. The standard InChI is InChI=1S/C14H9BrFNO2S/c1-2-10-4-3-5-12(8-10)17-20(18,19)14-7-6-11(15)9-13(14)16/h1,3-9,17H. The van der Waals surface area contributed by atoms with E-state index in [4.69, 9.17) is 6.42 Å². The number of rotatable bonds is 3.